The van der Waals surface area contributed by atoms with E-state index in [1.54, 1.807) is 44.2 Å². The molecule has 6 heteroatoms. The quantitative estimate of drug-likeness (QED) is 0.781. The molecule has 0 saturated carbocycles. The molecule has 0 spiro atoms. The second-order valence-corrected chi connectivity index (χ2v) is 8.10. The van der Waals surface area contributed by atoms with E-state index < -0.39 is 22.0 Å². The van der Waals surface area contributed by atoms with Crippen LogP contribution in [-0.2, 0) is 19.6 Å². The van der Waals surface area contributed by atoms with Gasteiger partial charge in [-0.2, -0.15) is 0 Å². The molecule has 1 aromatic carbocycles. The molecule has 2 unspecified atom stereocenters. The van der Waals surface area contributed by atoms with Crippen LogP contribution in [0.15, 0.2) is 53.1 Å². The minimum absolute atomic E-state index is 0.0793. The van der Waals surface area contributed by atoms with E-state index in [2.05, 4.69) is 0 Å². The lowest BCUT2D eigenvalue weighted by atomic mass is 9.93. The van der Waals surface area contributed by atoms with Crippen molar-refractivity contribution in [2.75, 3.05) is 0 Å². The van der Waals surface area contributed by atoms with Gasteiger partial charge >= 0.3 is 0 Å². The van der Waals surface area contributed by atoms with Gasteiger partial charge in [0.05, 0.1) is 10.9 Å². The standard InChI is InChI=1S/C19H23NO4S/c1-5-19(22)16-10-11-20(18(12-16)14(3)15(4)21)25(23,24)17-8-6-13(2)7-9-17/h6-12,14,18H,5H2,1-4H3. The second kappa shape index (κ2) is 7.35. The Labute approximate surface area is 149 Å². The van der Waals surface area contributed by atoms with Crippen molar-refractivity contribution < 1.29 is 18.0 Å². The number of benzene rings is 1. The van der Waals surface area contributed by atoms with Crippen LogP contribution >= 0.6 is 0 Å². The van der Waals surface area contributed by atoms with Crippen LogP contribution in [0.3, 0.4) is 0 Å². The third-order valence-corrected chi connectivity index (χ3v) is 6.23. The Bertz CT molecular complexity index is 835. The number of Topliss-reactive ketones (excluding diaryl/α,β-unsaturated/α-hetero) is 2. The van der Waals surface area contributed by atoms with E-state index in [1.165, 1.54) is 23.5 Å². The summed E-state index contributed by atoms with van der Waals surface area (Å²) in [6.45, 7) is 6.72. The van der Waals surface area contributed by atoms with Gasteiger partial charge in [0.1, 0.15) is 5.78 Å². The van der Waals surface area contributed by atoms with E-state index in [0.717, 1.165) is 5.56 Å². The molecule has 1 aromatic rings. The highest BCUT2D eigenvalue weighted by molar-refractivity contribution is 7.89. The number of rotatable bonds is 6. The molecule has 0 aliphatic carbocycles. The first kappa shape index (κ1) is 19.1. The van der Waals surface area contributed by atoms with E-state index >= 15 is 0 Å². The Kier molecular flexibility index (Phi) is 5.62. The van der Waals surface area contributed by atoms with Gasteiger partial charge in [-0.05, 0) is 38.1 Å². The highest BCUT2D eigenvalue weighted by Crippen LogP contribution is 2.28. The number of hydrogen-bond donors (Lipinski definition) is 0. The van der Waals surface area contributed by atoms with E-state index in [-0.39, 0.29) is 16.5 Å². The molecule has 0 aromatic heterocycles. The van der Waals surface area contributed by atoms with Crippen molar-refractivity contribution in [2.45, 2.75) is 45.1 Å². The summed E-state index contributed by atoms with van der Waals surface area (Å²) in [6, 6.07) is 5.83. The third-order valence-electron chi connectivity index (χ3n) is 4.44. The molecular formula is C19H23NO4S. The van der Waals surface area contributed by atoms with Gasteiger partial charge in [-0.1, -0.05) is 31.5 Å². The predicted molar refractivity (Wildman–Crippen MR) is 96.4 cm³/mol. The topological polar surface area (TPSA) is 71.5 Å². The summed E-state index contributed by atoms with van der Waals surface area (Å²) >= 11 is 0. The van der Waals surface area contributed by atoms with Gasteiger partial charge in [0, 0.05) is 24.1 Å². The summed E-state index contributed by atoms with van der Waals surface area (Å²) < 4.78 is 27.2. The molecule has 134 valence electrons. The average molecular weight is 361 g/mol. The minimum atomic E-state index is -3.82. The zero-order valence-electron chi connectivity index (χ0n) is 14.9. The molecule has 1 aliphatic rings. The number of nitrogens with zero attached hydrogens (tertiary/aromatic N) is 1. The fourth-order valence-corrected chi connectivity index (χ4v) is 4.14. The summed E-state index contributed by atoms with van der Waals surface area (Å²) in [6.07, 6.45) is 4.80. The predicted octanol–water partition coefficient (Wildman–Crippen LogP) is 3.01. The summed E-state index contributed by atoms with van der Waals surface area (Å²) in [4.78, 5) is 24.0. The van der Waals surface area contributed by atoms with Gasteiger partial charge in [0.15, 0.2) is 5.78 Å². The summed E-state index contributed by atoms with van der Waals surface area (Å²) in [5, 5.41) is 0. The summed E-state index contributed by atoms with van der Waals surface area (Å²) in [5.74, 6) is -0.779. The van der Waals surface area contributed by atoms with Gasteiger partial charge in [-0.3, -0.25) is 13.9 Å². The molecule has 0 amide bonds. The normalized spacial score (nSPS) is 18.6. The Balaban J connectivity index is 2.49. The minimum Gasteiger partial charge on any atom is -0.300 e. The van der Waals surface area contributed by atoms with Crippen molar-refractivity contribution in [1.82, 2.24) is 4.31 Å². The molecule has 0 fully saturated rings. The number of hydrogen-bond acceptors (Lipinski definition) is 4. The van der Waals surface area contributed by atoms with E-state index in [9.17, 15) is 18.0 Å². The van der Waals surface area contributed by atoms with Crippen molar-refractivity contribution >= 4 is 21.6 Å². The maximum Gasteiger partial charge on any atom is 0.264 e. The number of carbonyl (C=O) groups is 2. The van der Waals surface area contributed by atoms with Crippen LogP contribution < -0.4 is 0 Å². The third kappa shape index (κ3) is 3.90. The first-order chi connectivity index (χ1) is 11.7. The molecule has 2 atom stereocenters. The van der Waals surface area contributed by atoms with Crippen molar-refractivity contribution in [2.24, 2.45) is 5.92 Å². The maximum atomic E-state index is 13.0. The van der Waals surface area contributed by atoms with E-state index in [0.29, 0.717) is 12.0 Å². The molecule has 0 N–H and O–H groups in total. The number of allylic oxidation sites excluding steroid dienone is 2. The average Bonchev–Trinajstić information content (AvgIpc) is 2.60. The Morgan fingerprint density at radius 2 is 1.80 bits per heavy atom. The molecule has 0 saturated heterocycles. The zero-order valence-corrected chi connectivity index (χ0v) is 15.7. The smallest absolute Gasteiger partial charge is 0.264 e. The molecule has 25 heavy (non-hydrogen) atoms. The van der Waals surface area contributed by atoms with Crippen molar-refractivity contribution in [3.63, 3.8) is 0 Å². The number of carbonyl (C=O) groups excluding carboxylic acids is 2. The highest BCUT2D eigenvalue weighted by atomic mass is 32.2. The molecule has 2 rings (SSSR count). The summed E-state index contributed by atoms with van der Waals surface area (Å²) in [7, 11) is -3.82. The van der Waals surface area contributed by atoms with Crippen molar-refractivity contribution in [3.05, 3.63) is 53.8 Å². The van der Waals surface area contributed by atoms with Crippen LogP contribution in [0.1, 0.15) is 32.8 Å². The Morgan fingerprint density at radius 3 is 2.32 bits per heavy atom. The van der Waals surface area contributed by atoms with Crippen molar-refractivity contribution in [3.8, 4) is 0 Å². The molecule has 0 bridgehead atoms. The van der Waals surface area contributed by atoms with E-state index in [4.69, 9.17) is 0 Å². The number of ketones is 2. The molecule has 5 nitrogen and oxygen atoms in total. The fourth-order valence-electron chi connectivity index (χ4n) is 2.63. The Morgan fingerprint density at radius 1 is 1.20 bits per heavy atom. The van der Waals surface area contributed by atoms with Gasteiger partial charge in [-0.25, -0.2) is 8.42 Å². The fraction of sp³-hybridized carbons (Fsp3) is 0.368. The molecule has 1 aliphatic heterocycles. The van der Waals surface area contributed by atoms with Crippen LogP contribution in [0.2, 0.25) is 0 Å². The Hall–Kier alpha value is -2.21. The van der Waals surface area contributed by atoms with Crippen LogP contribution in [0.5, 0.6) is 0 Å². The van der Waals surface area contributed by atoms with Gasteiger partial charge in [-0.15, -0.1) is 0 Å². The van der Waals surface area contributed by atoms with Crippen molar-refractivity contribution in [1.29, 1.82) is 0 Å². The highest BCUT2D eigenvalue weighted by Gasteiger charge is 2.35. The van der Waals surface area contributed by atoms with Crippen LogP contribution in [0, 0.1) is 12.8 Å². The zero-order chi connectivity index (χ0) is 18.8. The lowest BCUT2D eigenvalue weighted by Gasteiger charge is -2.33. The van der Waals surface area contributed by atoms with Crippen LogP contribution in [-0.4, -0.2) is 30.3 Å². The second-order valence-electron chi connectivity index (χ2n) is 6.25. The van der Waals surface area contributed by atoms with E-state index in [1.807, 2.05) is 6.92 Å². The SMILES string of the molecule is CCC(=O)C1=CC(C(C)C(C)=O)N(S(=O)(=O)c2ccc(C)cc2)C=C1. The first-order valence-electron chi connectivity index (χ1n) is 8.22. The molecular weight excluding hydrogens is 338 g/mol. The lowest BCUT2D eigenvalue weighted by molar-refractivity contribution is -0.121. The number of sulfonamides is 1. The first-order valence-corrected chi connectivity index (χ1v) is 9.66. The molecule has 1 heterocycles. The number of aryl methyl sites for hydroxylation is 1. The molecule has 0 radical (unpaired) electrons. The van der Waals surface area contributed by atoms with Gasteiger partial charge in [0.25, 0.3) is 10.0 Å². The van der Waals surface area contributed by atoms with Crippen LogP contribution in [0.25, 0.3) is 0 Å². The van der Waals surface area contributed by atoms with Crippen LogP contribution in [0.4, 0.5) is 0 Å². The summed E-state index contributed by atoms with van der Waals surface area (Å²) in [5.41, 5.74) is 1.40. The largest absolute Gasteiger partial charge is 0.300 e. The monoisotopic (exact) mass is 361 g/mol. The van der Waals surface area contributed by atoms with Gasteiger partial charge < -0.3 is 0 Å². The lowest BCUT2D eigenvalue weighted by Crippen LogP contribution is -2.43. The maximum absolute atomic E-state index is 13.0. The van der Waals surface area contributed by atoms with Gasteiger partial charge in [0.2, 0.25) is 0 Å².